The van der Waals surface area contributed by atoms with Crippen LogP contribution < -0.4 is 0 Å². The van der Waals surface area contributed by atoms with Crippen LogP contribution in [-0.2, 0) is 0 Å². The number of thioether (sulfide) groups is 1. The molecule has 0 saturated heterocycles. The van der Waals surface area contributed by atoms with Crippen LogP contribution in [0.3, 0.4) is 0 Å². The second-order valence-electron chi connectivity index (χ2n) is 6.55. The molecule has 0 aliphatic carbocycles. The van der Waals surface area contributed by atoms with Crippen LogP contribution in [0.4, 0.5) is 0 Å². The zero-order valence-corrected chi connectivity index (χ0v) is 18.3. The molecule has 29 heavy (non-hydrogen) atoms. The van der Waals surface area contributed by atoms with E-state index in [1.807, 2.05) is 74.5 Å². The Morgan fingerprint density at radius 2 is 1.79 bits per heavy atom. The molecule has 7 heteroatoms. The Labute approximate surface area is 181 Å². The first-order chi connectivity index (χ1) is 14.0. The summed E-state index contributed by atoms with van der Waals surface area (Å²) in [6, 6.07) is 19.5. The average Bonchev–Trinajstić information content (AvgIpc) is 3.32. The summed E-state index contributed by atoms with van der Waals surface area (Å²) < 4.78 is 8.78. The fraction of sp³-hybridized carbons (Fsp3) is 0.136. The summed E-state index contributed by atoms with van der Waals surface area (Å²) in [5, 5.41) is 8.49. The Morgan fingerprint density at radius 1 is 1.07 bits per heavy atom. The molecular weight excluding hydrogens is 450 g/mol. The van der Waals surface area contributed by atoms with Crippen LogP contribution in [-0.4, -0.2) is 26.3 Å². The molecule has 0 aliphatic rings. The number of Topliss-reactive ketones (excluding diaryl/α,β-unsaturated/α-hetero) is 1. The van der Waals surface area contributed by atoms with E-state index in [-0.39, 0.29) is 11.5 Å². The molecule has 4 rings (SSSR count). The largest absolute Gasteiger partial charge is 0.411 e. The predicted molar refractivity (Wildman–Crippen MR) is 118 cm³/mol. The lowest BCUT2D eigenvalue weighted by atomic mass is 10.2. The first-order valence-corrected chi connectivity index (χ1v) is 10.8. The Hall–Kier alpha value is -2.64. The number of aromatic nitrogens is 3. The first-order valence-electron chi connectivity index (χ1n) is 9.03. The molecule has 5 nitrogen and oxygen atoms in total. The van der Waals surface area contributed by atoms with Crippen molar-refractivity contribution in [3.8, 4) is 17.1 Å². The lowest BCUT2D eigenvalue weighted by molar-refractivity contribution is 0.102. The van der Waals surface area contributed by atoms with E-state index in [0.29, 0.717) is 16.7 Å². The number of ketones is 1. The van der Waals surface area contributed by atoms with Crippen LogP contribution >= 0.6 is 27.7 Å². The van der Waals surface area contributed by atoms with Crippen molar-refractivity contribution < 1.29 is 9.21 Å². The quantitative estimate of drug-likeness (QED) is 0.261. The van der Waals surface area contributed by atoms with Gasteiger partial charge in [-0.15, -0.1) is 10.2 Å². The van der Waals surface area contributed by atoms with Gasteiger partial charge in [-0.2, -0.15) is 0 Å². The number of carbonyl (C=O) groups excluding carboxylic acids is 1. The van der Waals surface area contributed by atoms with Gasteiger partial charge < -0.3 is 8.98 Å². The summed E-state index contributed by atoms with van der Waals surface area (Å²) in [4.78, 5) is 12.8. The van der Waals surface area contributed by atoms with Gasteiger partial charge in [-0.1, -0.05) is 45.9 Å². The van der Waals surface area contributed by atoms with Gasteiger partial charge in [0.1, 0.15) is 0 Å². The minimum absolute atomic E-state index is 0.0333. The number of hydrogen-bond acceptors (Lipinski definition) is 5. The maximum atomic E-state index is 12.8. The van der Waals surface area contributed by atoms with E-state index in [2.05, 4.69) is 30.7 Å². The van der Waals surface area contributed by atoms with E-state index in [4.69, 9.17) is 4.42 Å². The fourth-order valence-corrected chi connectivity index (χ4v) is 4.11. The van der Waals surface area contributed by atoms with Crippen molar-refractivity contribution in [1.29, 1.82) is 0 Å². The van der Waals surface area contributed by atoms with Crippen molar-refractivity contribution in [2.45, 2.75) is 19.1 Å². The topological polar surface area (TPSA) is 60.9 Å². The van der Waals surface area contributed by atoms with Crippen molar-refractivity contribution in [3.63, 3.8) is 0 Å². The molecule has 2 aromatic carbocycles. The van der Waals surface area contributed by atoms with Gasteiger partial charge >= 0.3 is 0 Å². The summed E-state index contributed by atoms with van der Waals surface area (Å²) in [5.41, 5.74) is 4.53. The molecular formula is C22H18BrN3O2S. The second kappa shape index (κ2) is 8.39. The molecule has 0 spiro atoms. The number of hydrogen-bond donors (Lipinski definition) is 0. The third-order valence-corrected chi connectivity index (χ3v) is 5.92. The Kier molecular flexibility index (Phi) is 5.69. The van der Waals surface area contributed by atoms with Gasteiger partial charge in [0.05, 0.1) is 5.75 Å². The number of carbonyl (C=O) groups is 1. The molecule has 0 saturated carbocycles. The van der Waals surface area contributed by atoms with Crippen LogP contribution in [0.25, 0.3) is 17.1 Å². The molecule has 0 atom stereocenters. The summed E-state index contributed by atoms with van der Waals surface area (Å²) in [6.45, 7) is 3.97. The lowest BCUT2D eigenvalue weighted by Gasteiger charge is -2.10. The average molecular weight is 468 g/mol. The van der Waals surface area contributed by atoms with Gasteiger partial charge in [0, 0.05) is 32.7 Å². The summed E-state index contributed by atoms with van der Waals surface area (Å²) in [7, 11) is 0. The highest BCUT2D eigenvalue weighted by molar-refractivity contribution is 9.10. The van der Waals surface area contributed by atoms with E-state index >= 15 is 0 Å². The van der Waals surface area contributed by atoms with Crippen LogP contribution in [0.2, 0.25) is 0 Å². The normalized spacial score (nSPS) is 11.0. The summed E-state index contributed by atoms with van der Waals surface area (Å²) in [6.07, 6.45) is 0. The molecule has 0 bridgehead atoms. The van der Waals surface area contributed by atoms with E-state index in [1.54, 1.807) is 0 Å². The number of benzene rings is 2. The molecule has 0 fully saturated rings. The highest BCUT2D eigenvalue weighted by Gasteiger charge is 2.18. The predicted octanol–water partition coefficient (Wildman–Crippen LogP) is 5.88. The second-order valence-corrected chi connectivity index (χ2v) is 8.39. The van der Waals surface area contributed by atoms with Crippen molar-refractivity contribution in [3.05, 3.63) is 82.1 Å². The molecule has 2 aromatic heterocycles. The molecule has 0 unspecified atom stereocenters. The van der Waals surface area contributed by atoms with E-state index in [1.165, 1.54) is 11.8 Å². The van der Waals surface area contributed by atoms with Crippen molar-refractivity contribution in [1.82, 2.24) is 14.8 Å². The maximum absolute atomic E-state index is 12.8. The third kappa shape index (κ3) is 4.21. The van der Waals surface area contributed by atoms with Crippen LogP contribution in [0.5, 0.6) is 0 Å². The monoisotopic (exact) mass is 467 g/mol. The number of aryl methyl sites for hydroxylation is 1. The van der Waals surface area contributed by atoms with Crippen molar-refractivity contribution in [2.24, 2.45) is 0 Å². The Bertz CT molecular complexity index is 1150. The molecule has 0 aliphatic heterocycles. The third-order valence-electron chi connectivity index (χ3n) is 4.57. The smallest absolute Gasteiger partial charge is 0.277 e. The van der Waals surface area contributed by atoms with E-state index in [0.717, 1.165) is 27.1 Å². The molecule has 4 aromatic rings. The lowest BCUT2D eigenvalue weighted by Crippen LogP contribution is -2.05. The van der Waals surface area contributed by atoms with Crippen LogP contribution in [0.15, 0.2) is 74.8 Å². The maximum Gasteiger partial charge on any atom is 0.277 e. The number of nitrogens with zero attached hydrogens (tertiary/aromatic N) is 3. The Morgan fingerprint density at radius 3 is 2.52 bits per heavy atom. The van der Waals surface area contributed by atoms with Crippen LogP contribution in [0, 0.1) is 13.8 Å². The highest BCUT2D eigenvalue weighted by Crippen LogP contribution is 2.26. The van der Waals surface area contributed by atoms with E-state index < -0.39 is 0 Å². The molecule has 0 N–H and O–H groups in total. The fourth-order valence-electron chi connectivity index (χ4n) is 3.20. The molecule has 0 amide bonds. The summed E-state index contributed by atoms with van der Waals surface area (Å²) in [5.74, 6) is 0.723. The van der Waals surface area contributed by atoms with Gasteiger partial charge in [0.15, 0.2) is 5.78 Å². The molecule has 146 valence electrons. The van der Waals surface area contributed by atoms with Gasteiger partial charge in [0.2, 0.25) is 5.89 Å². The first kappa shape index (κ1) is 19.7. The molecule has 0 radical (unpaired) electrons. The zero-order chi connectivity index (χ0) is 20.4. The van der Waals surface area contributed by atoms with Crippen LogP contribution in [0.1, 0.15) is 21.7 Å². The number of halogens is 1. The van der Waals surface area contributed by atoms with Crippen molar-refractivity contribution >= 4 is 33.5 Å². The highest BCUT2D eigenvalue weighted by atomic mass is 79.9. The molecule has 2 heterocycles. The van der Waals surface area contributed by atoms with Gasteiger partial charge in [-0.05, 0) is 56.3 Å². The van der Waals surface area contributed by atoms with Gasteiger partial charge in [-0.3, -0.25) is 4.79 Å². The van der Waals surface area contributed by atoms with Crippen molar-refractivity contribution in [2.75, 3.05) is 5.75 Å². The standard InChI is InChI=1S/C22H18BrN3O2S/c1-14-12-19(15(2)26(14)18-10-8-17(23)9-11-18)20(27)13-29-22-25-24-21(28-22)16-6-4-3-5-7-16/h3-12H,13H2,1-2H3. The SMILES string of the molecule is Cc1cc(C(=O)CSc2nnc(-c3ccccc3)o2)c(C)n1-c1ccc(Br)cc1. The zero-order valence-electron chi connectivity index (χ0n) is 15.9. The minimum Gasteiger partial charge on any atom is -0.411 e. The van der Waals surface area contributed by atoms with Gasteiger partial charge in [0.25, 0.3) is 5.22 Å². The summed E-state index contributed by atoms with van der Waals surface area (Å²) >= 11 is 4.71. The Balaban J connectivity index is 1.49. The van der Waals surface area contributed by atoms with Gasteiger partial charge in [-0.25, -0.2) is 0 Å². The minimum atomic E-state index is 0.0333. The number of rotatable bonds is 6. The van der Waals surface area contributed by atoms with E-state index in [9.17, 15) is 4.79 Å².